The van der Waals surface area contributed by atoms with Crippen LogP contribution in [-0.4, -0.2) is 17.6 Å². The molecule has 0 aliphatic heterocycles. The highest BCUT2D eigenvalue weighted by atomic mass is 28.4. The van der Waals surface area contributed by atoms with Crippen molar-refractivity contribution in [2.75, 3.05) is 0 Å². The minimum Gasteiger partial charge on any atom is -0.0696 e. The molecule has 1 atom stereocenters. The van der Waals surface area contributed by atoms with Gasteiger partial charge in [-0.15, -0.1) is 0 Å². The average Bonchev–Trinajstić information content (AvgIpc) is 2.14. The lowest BCUT2D eigenvalue weighted by Crippen LogP contribution is -2.36. The molecule has 0 aliphatic carbocycles. The van der Waals surface area contributed by atoms with Crippen molar-refractivity contribution in [2.24, 2.45) is 0 Å². The van der Waals surface area contributed by atoms with E-state index in [-0.39, 0.29) is 0 Å². The van der Waals surface area contributed by atoms with Crippen molar-refractivity contribution in [1.29, 1.82) is 0 Å². The van der Waals surface area contributed by atoms with Gasteiger partial charge < -0.3 is 0 Å². The van der Waals surface area contributed by atoms with Crippen LogP contribution in [0.15, 0.2) is 30.3 Å². The SMILES string of the molecule is CCC([Si]c1ccccc1)[Si](C)(C)C. The maximum Gasteiger partial charge on any atom is 0.0812 e. The molecule has 0 spiro atoms. The molecule has 76 valence electrons. The predicted molar refractivity (Wildman–Crippen MR) is 69.2 cm³/mol. The summed E-state index contributed by atoms with van der Waals surface area (Å²) in [4.78, 5) is 0. The Morgan fingerprint density at radius 2 is 1.71 bits per heavy atom. The molecule has 0 N–H and O–H groups in total. The normalized spacial score (nSPS) is 14.0. The largest absolute Gasteiger partial charge is 0.0812 e. The monoisotopic (exact) mass is 220 g/mol. The van der Waals surface area contributed by atoms with Crippen LogP contribution in [0.25, 0.3) is 0 Å². The van der Waals surface area contributed by atoms with Crippen LogP contribution in [0.2, 0.25) is 24.8 Å². The summed E-state index contributed by atoms with van der Waals surface area (Å²) in [7, 11) is 0.0516. The van der Waals surface area contributed by atoms with E-state index in [0.29, 0.717) is 0 Å². The molecule has 0 amide bonds. The van der Waals surface area contributed by atoms with E-state index in [2.05, 4.69) is 56.9 Å². The molecule has 1 unspecified atom stereocenters. The molecule has 0 bridgehead atoms. The highest BCUT2D eigenvalue weighted by molar-refractivity contribution is 6.87. The van der Waals surface area contributed by atoms with E-state index in [1.165, 1.54) is 11.6 Å². The van der Waals surface area contributed by atoms with Crippen molar-refractivity contribution in [3.8, 4) is 0 Å². The lowest BCUT2D eigenvalue weighted by molar-refractivity contribution is 0.980. The highest BCUT2D eigenvalue weighted by Gasteiger charge is 2.25. The maximum atomic E-state index is 2.48. The molecule has 14 heavy (non-hydrogen) atoms. The molecule has 1 aromatic carbocycles. The third-order valence-electron chi connectivity index (χ3n) is 2.57. The second-order valence-corrected chi connectivity index (χ2v) is 12.4. The third-order valence-corrected chi connectivity index (χ3v) is 9.52. The Bertz CT molecular complexity index is 261. The van der Waals surface area contributed by atoms with Gasteiger partial charge in [0.25, 0.3) is 0 Å². The van der Waals surface area contributed by atoms with Crippen molar-refractivity contribution in [1.82, 2.24) is 0 Å². The highest BCUT2D eigenvalue weighted by Crippen LogP contribution is 2.23. The summed E-state index contributed by atoms with van der Waals surface area (Å²) in [6.45, 7) is 9.78. The van der Waals surface area contributed by atoms with E-state index in [1.807, 2.05) is 0 Å². The molecule has 1 rings (SSSR count). The molecule has 2 radical (unpaired) electrons. The molecule has 0 nitrogen and oxygen atoms in total. The first-order chi connectivity index (χ1) is 6.54. The van der Waals surface area contributed by atoms with Gasteiger partial charge in [-0.1, -0.05) is 68.5 Å². The van der Waals surface area contributed by atoms with Gasteiger partial charge in [0.05, 0.1) is 9.52 Å². The summed E-state index contributed by atoms with van der Waals surface area (Å²) in [6, 6.07) is 10.9. The van der Waals surface area contributed by atoms with Gasteiger partial charge in [0.2, 0.25) is 0 Å². The molecular formula is C12H20Si2. The Morgan fingerprint density at radius 1 is 1.14 bits per heavy atom. The zero-order valence-electron chi connectivity index (χ0n) is 9.67. The summed E-state index contributed by atoms with van der Waals surface area (Å²) in [5.74, 6) is 0. The fourth-order valence-electron chi connectivity index (χ4n) is 1.67. The van der Waals surface area contributed by atoms with E-state index in [4.69, 9.17) is 0 Å². The molecule has 0 aliphatic rings. The Labute approximate surface area is 91.6 Å². The molecule has 2 heteroatoms. The van der Waals surface area contributed by atoms with E-state index in [1.54, 1.807) is 0 Å². The van der Waals surface area contributed by atoms with Crippen LogP contribution in [0.3, 0.4) is 0 Å². The Kier molecular flexibility index (Phi) is 4.14. The van der Waals surface area contributed by atoms with Gasteiger partial charge >= 0.3 is 0 Å². The number of benzene rings is 1. The van der Waals surface area contributed by atoms with Gasteiger partial charge in [0, 0.05) is 8.07 Å². The van der Waals surface area contributed by atoms with Gasteiger partial charge in [-0.05, 0) is 5.16 Å². The van der Waals surface area contributed by atoms with Crippen molar-refractivity contribution in [3.05, 3.63) is 30.3 Å². The number of hydrogen-bond donors (Lipinski definition) is 0. The van der Waals surface area contributed by atoms with Crippen molar-refractivity contribution in [2.45, 2.75) is 38.2 Å². The summed E-state index contributed by atoms with van der Waals surface area (Å²) >= 11 is 0. The fourth-order valence-corrected chi connectivity index (χ4v) is 6.11. The summed E-state index contributed by atoms with van der Waals surface area (Å²) in [5, 5.41) is 2.48. The van der Waals surface area contributed by atoms with Crippen LogP contribution in [0, 0.1) is 0 Å². The lowest BCUT2D eigenvalue weighted by Gasteiger charge is -2.27. The number of hydrogen-bond acceptors (Lipinski definition) is 0. The lowest BCUT2D eigenvalue weighted by atomic mass is 10.4. The molecule has 0 heterocycles. The maximum absolute atomic E-state index is 2.48. The molecular weight excluding hydrogens is 200 g/mol. The first kappa shape index (κ1) is 11.7. The first-order valence-electron chi connectivity index (χ1n) is 5.35. The Morgan fingerprint density at radius 3 is 2.14 bits per heavy atom. The Hall–Kier alpha value is -0.346. The van der Waals surface area contributed by atoms with E-state index in [0.717, 1.165) is 14.7 Å². The van der Waals surface area contributed by atoms with Crippen LogP contribution in [0.4, 0.5) is 0 Å². The van der Waals surface area contributed by atoms with Crippen molar-refractivity contribution >= 4 is 22.8 Å². The van der Waals surface area contributed by atoms with E-state index >= 15 is 0 Å². The second-order valence-electron chi connectivity index (χ2n) is 4.84. The Balaban J connectivity index is 2.67. The van der Waals surface area contributed by atoms with E-state index in [9.17, 15) is 0 Å². The van der Waals surface area contributed by atoms with Crippen LogP contribution < -0.4 is 5.19 Å². The molecule has 0 saturated carbocycles. The van der Waals surface area contributed by atoms with Gasteiger partial charge in [0.15, 0.2) is 0 Å². The van der Waals surface area contributed by atoms with Gasteiger partial charge in [0.1, 0.15) is 0 Å². The average molecular weight is 220 g/mol. The third kappa shape index (κ3) is 3.42. The standard InChI is InChI=1S/C12H20Si2/c1-5-12(14(2,3)4)13-11-9-7-6-8-10-11/h6-10,12H,5H2,1-4H3. The quantitative estimate of drug-likeness (QED) is 0.684. The zero-order valence-corrected chi connectivity index (χ0v) is 11.7. The molecule has 1 aromatic rings. The summed E-state index contributed by atoms with van der Waals surface area (Å²) in [5.41, 5.74) is 0. The van der Waals surface area contributed by atoms with Gasteiger partial charge in [-0.3, -0.25) is 0 Å². The smallest absolute Gasteiger partial charge is 0.0696 e. The summed E-state index contributed by atoms with van der Waals surface area (Å²) in [6.07, 6.45) is 1.34. The minimum atomic E-state index is -0.957. The summed E-state index contributed by atoms with van der Waals surface area (Å²) < 4.78 is 0. The predicted octanol–water partition coefficient (Wildman–Crippen LogP) is 3.09. The topological polar surface area (TPSA) is 0 Å². The zero-order chi connectivity index (χ0) is 10.6. The second kappa shape index (κ2) is 4.94. The molecule has 0 saturated heterocycles. The van der Waals surface area contributed by atoms with Gasteiger partial charge in [-0.25, -0.2) is 0 Å². The molecule has 0 fully saturated rings. The minimum absolute atomic E-state index is 0.949. The fraction of sp³-hybridized carbons (Fsp3) is 0.500. The van der Waals surface area contributed by atoms with Crippen LogP contribution in [-0.2, 0) is 0 Å². The molecule has 0 aromatic heterocycles. The van der Waals surface area contributed by atoms with Crippen LogP contribution >= 0.6 is 0 Å². The van der Waals surface area contributed by atoms with Crippen molar-refractivity contribution in [3.63, 3.8) is 0 Å². The number of rotatable bonds is 4. The van der Waals surface area contributed by atoms with Crippen LogP contribution in [0.5, 0.6) is 0 Å². The van der Waals surface area contributed by atoms with Crippen LogP contribution in [0.1, 0.15) is 13.3 Å². The first-order valence-corrected chi connectivity index (χ1v) is 10.0. The van der Waals surface area contributed by atoms with Crippen molar-refractivity contribution < 1.29 is 0 Å². The van der Waals surface area contributed by atoms with Gasteiger partial charge in [-0.2, -0.15) is 0 Å². The van der Waals surface area contributed by atoms with E-state index < -0.39 is 8.07 Å².